The fraction of sp³-hybridized carbons (Fsp3) is 0.250. The molecule has 0 amide bonds. The van der Waals surface area contributed by atoms with Crippen LogP contribution in [0.25, 0.3) is 11.3 Å². The van der Waals surface area contributed by atoms with Crippen molar-refractivity contribution in [1.82, 2.24) is 5.16 Å². The van der Waals surface area contributed by atoms with E-state index in [4.69, 9.17) is 19.7 Å². The molecule has 1 heterocycles. The molecular weight excluding hydrogens is 220 g/mol. The third-order valence-corrected chi connectivity index (χ3v) is 2.52. The van der Waals surface area contributed by atoms with Crippen LogP contribution in [0, 0.1) is 0 Å². The monoisotopic (exact) mass is 234 g/mol. The van der Waals surface area contributed by atoms with Crippen molar-refractivity contribution in [3.8, 4) is 22.8 Å². The highest BCUT2D eigenvalue weighted by Gasteiger charge is 2.15. The summed E-state index contributed by atoms with van der Waals surface area (Å²) in [5.41, 5.74) is 7.27. The second-order valence-electron chi connectivity index (χ2n) is 3.45. The van der Waals surface area contributed by atoms with Crippen LogP contribution >= 0.6 is 0 Å². The summed E-state index contributed by atoms with van der Waals surface area (Å²) in [4.78, 5) is 0. The van der Waals surface area contributed by atoms with Gasteiger partial charge in [0.15, 0.2) is 5.76 Å². The largest absolute Gasteiger partial charge is 0.497 e. The zero-order valence-corrected chi connectivity index (χ0v) is 9.77. The van der Waals surface area contributed by atoms with Gasteiger partial charge in [-0.05, 0) is 12.1 Å². The lowest BCUT2D eigenvalue weighted by Gasteiger charge is -2.08. The third-order valence-electron chi connectivity index (χ3n) is 2.52. The summed E-state index contributed by atoms with van der Waals surface area (Å²) in [6.45, 7) is 0.369. The molecule has 5 nitrogen and oxygen atoms in total. The molecule has 1 aromatic carbocycles. The quantitative estimate of drug-likeness (QED) is 0.873. The predicted molar refractivity (Wildman–Crippen MR) is 62.9 cm³/mol. The van der Waals surface area contributed by atoms with Gasteiger partial charge in [-0.2, -0.15) is 0 Å². The second kappa shape index (κ2) is 4.88. The zero-order chi connectivity index (χ0) is 12.3. The molecule has 0 saturated carbocycles. The van der Waals surface area contributed by atoms with E-state index in [9.17, 15) is 0 Å². The Kier molecular flexibility index (Phi) is 3.30. The number of hydrogen-bond acceptors (Lipinski definition) is 5. The number of nitrogens with two attached hydrogens (primary N) is 1. The van der Waals surface area contributed by atoms with Crippen molar-refractivity contribution in [3.05, 3.63) is 30.0 Å². The van der Waals surface area contributed by atoms with Crippen molar-refractivity contribution in [1.29, 1.82) is 0 Å². The average molecular weight is 234 g/mol. The van der Waals surface area contributed by atoms with Crippen molar-refractivity contribution in [3.63, 3.8) is 0 Å². The number of rotatable bonds is 4. The van der Waals surface area contributed by atoms with Crippen molar-refractivity contribution in [2.45, 2.75) is 6.54 Å². The maximum Gasteiger partial charge on any atom is 0.175 e. The summed E-state index contributed by atoms with van der Waals surface area (Å²) in [7, 11) is 3.20. The zero-order valence-electron chi connectivity index (χ0n) is 9.77. The third kappa shape index (κ3) is 2.09. The first-order valence-corrected chi connectivity index (χ1v) is 5.16. The molecule has 17 heavy (non-hydrogen) atoms. The Morgan fingerprint density at radius 3 is 2.76 bits per heavy atom. The molecule has 90 valence electrons. The number of aromatic nitrogens is 1. The van der Waals surface area contributed by atoms with Crippen LogP contribution in [0.1, 0.15) is 5.56 Å². The van der Waals surface area contributed by atoms with E-state index >= 15 is 0 Å². The summed E-state index contributed by atoms with van der Waals surface area (Å²) in [6.07, 6.45) is 1.61. The molecule has 0 saturated heterocycles. The summed E-state index contributed by atoms with van der Waals surface area (Å²) >= 11 is 0. The van der Waals surface area contributed by atoms with Crippen molar-refractivity contribution in [2.75, 3.05) is 14.2 Å². The average Bonchev–Trinajstić information content (AvgIpc) is 2.85. The summed E-state index contributed by atoms with van der Waals surface area (Å²) in [5.74, 6) is 2.02. The lowest BCUT2D eigenvalue weighted by molar-refractivity contribution is 0.391. The van der Waals surface area contributed by atoms with Gasteiger partial charge in [0, 0.05) is 18.2 Å². The van der Waals surface area contributed by atoms with Gasteiger partial charge in [-0.1, -0.05) is 5.16 Å². The van der Waals surface area contributed by atoms with Crippen LogP contribution < -0.4 is 15.2 Å². The Labute approximate surface area is 99.1 Å². The molecule has 2 aromatic rings. The van der Waals surface area contributed by atoms with Gasteiger partial charge in [-0.15, -0.1) is 0 Å². The minimum atomic E-state index is 0.369. The minimum absolute atomic E-state index is 0.369. The molecule has 0 aliphatic carbocycles. The molecule has 1 aromatic heterocycles. The first-order chi connectivity index (χ1) is 8.30. The van der Waals surface area contributed by atoms with E-state index < -0.39 is 0 Å². The van der Waals surface area contributed by atoms with Gasteiger partial charge >= 0.3 is 0 Å². The summed E-state index contributed by atoms with van der Waals surface area (Å²) in [6, 6.07) is 5.48. The van der Waals surface area contributed by atoms with Gasteiger partial charge in [-0.3, -0.25) is 0 Å². The van der Waals surface area contributed by atoms with Gasteiger partial charge in [0.1, 0.15) is 11.5 Å². The molecule has 0 aliphatic rings. The van der Waals surface area contributed by atoms with E-state index in [2.05, 4.69) is 5.16 Å². The lowest BCUT2D eigenvalue weighted by atomic mass is 10.1. The van der Waals surface area contributed by atoms with E-state index in [-0.39, 0.29) is 0 Å². The first-order valence-electron chi connectivity index (χ1n) is 5.16. The second-order valence-corrected chi connectivity index (χ2v) is 3.45. The van der Waals surface area contributed by atoms with Crippen LogP contribution in [-0.4, -0.2) is 19.4 Å². The Morgan fingerprint density at radius 2 is 2.12 bits per heavy atom. The molecule has 0 atom stereocenters. The van der Waals surface area contributed by atoms with E-state index in [1.165, 1.54) is 0 Å². The van der Waals surface area contributed by atoms with Crippen LogP contribution in [0.2, 0.25) is 0 Å². The van der Waals surface area contributed by atoms with Crippen molar-refractivity contribution in [2.24, 2.45) is 5.73 Å². The molecule has 0 bridgehead atoms. The fourth-order valence-corrected chi connectivity index (χ4v) is 1.61. The molecule has 0 fully saturated rings. The molecular formula is C12H14N2O3. The number of nitrogens with zero attached hydrogens (tertiary/aromatic N) is 1. The van der Waals surface area contributed by atoms with Gasteiger partial charge in [0.25, 0.3) is 0 Å². The SMILES string of the molecule is COc1ccc(-c2oncc2CN)c(OC)c1. The highest BCUT2D eigenvalue weighted by atomic mass is 16.5. The molecule has 0 unspecified atom stereocenters. The van der Waals surface area contributed by atoms with Crippen LogP contribution in [-0.2, 0) is 6.54 Å². The fourth-order valence-electron chi connectivity index (χ4n) is 1.61. The number of hydrogen-bond donors (Lipinski definition) is 1. The van der Waals surface area contributed by atoms with E-state index in [1.807, 2.05) is 12.1 Å². The standard InChI is InChI=1S/C12H14N2O3/c1-15-9-3-4-10(11(5-9)16-2)12-8(6-13)7-14-17-12/h3-5,7H,6,13H2,1-2H3. The molecule has 0 radical (unpaired) electrons. The smallest absolute Gasteiger partial charge is 0.175 e. The van der Waals surface area contributed by atoms with Crippen LogP contribution in [0.4, 0.5) is 0 Å². The molecule has 0 aliphatic heterocycles. The van der Waals surface area contributed by atoms with Crippen LogP contribution in [0.3, 0.4) is 0 Å². The highest BCUT2D eigenvalue weighted by molar-refractivity contribution is 5.69. The van der Waals surface area contributed by atoms with Crippen molar-refractivity contribution >= 4 is 0 Å². The maximum absolute atomic E-state index is 5.61. The van der Waals surface area contributed by atoms with Crippen LogP contribution in [0.5, 0.6) is 11.5 Å². The molecule has 2 rings (SSSR count). The molecule has 5 heteroatoms. The summed E-state index contributed by atoms with van der Waals surface area (Å²) < 4.78 is 15.6. The minimum Gasteiger partial charge on any atom is -0.497 e. The van der Waals surface area contributed by atoms with Crippen molar-refractivity contribution < 1.29 is 14.0 Å². The Balaban J connectivity index is 2.51. The van der Waals surface area contributed by atoms with Gasteiger partial charge in [-0.25, -0.2) is 0 Å². The van der Waals surface area contributed by atoms with Crippen LogP contribution in [0.15, 0.2) is 28.9 Å². The predicted octanol–water partition coefficient (Wildman–Crippen LogP) is 1.82. The first kappa shape index (κ1) is 11.5. The summed E-state index contributed by atoms with van der Waals surface area (Å²) in [5, 5.41) is 3.75. The van der Waals surface area contributed by atoms with Gasteiger partial charge in [0.2, 0.25) is 0 Å². The molecule has 2 N–H and O–H groups in total. The Morgan fingerprint density at radius 1 is 1.29 bits per heavy atom. The maximum atomic E-state index is 5.61. The number of ether oxygens (including phenoxy) is 2. The Bertz CT molecular complexity index is 508. The van der Waals surface area contributed by atoms with Gasteiger partial charge in [0.05, 0.1) is 26.0 Å². The normalized spacial score (nSPS) is 10.3. The van der Waals surface area contributed by atoms with Gasteiger partial charge < -0.3 is 19.7 Å². The molecule has 0 spiro atoms. The van der Waals surface area contributed by atoms with E-state index in [0.29, 0.717) is 18.1 Å². The number of methoxy groups -OCH3 is 2. The van der Waals surface area contributed by atoms with E-state index in [1.54, 1.807) is 26.5 Å². The number of benzene rings is 1. The Hall–Kier alpha value is -2.01. The van der Waals surface area contributed by atoms with E-state index in [0.717, 1.165) is 16.9 Å². The highest BCUT2D eigenvalue weighted by Crippen LogP contribution is 2.34. The topological polar surface area (TPSA) is 70.5 Å². The lowest BCUT2D eigenvalue weighted by Crippen LogP contribution is -1.97.